The van der Waals surface area contributed by atoms with Crippen molar-refractivity contribution >= 4 is 49.5 Å². The topological polar surface area (TPSA) is 78.8 Å². The summed E-state index contributed by atoms with van der Waals surface area (Å²) < 4.78 is 26.2. The van der Waals surface area contributed by atoms with Crippen molar-refractivity contribution in [1.29, 1.82) is 0 Å². The maximum absolute atomic E-state index is 12.1. The Bertz CT molecular complexity index is 687. The van der Waals surface area contributed by atoms with Gasteiger partial charge in [0.25, 0.3) is 0 Å². The van der Waals surface area contributed by atoms with E-state index in [1.165, 1.54) is 38.0 Å². The Balaban J connectivity index is 1.99. The van der Waals surface area contributed by atoms with Gasteiger partial charge >= 0.3 is 0 Å². The van der Waals surface area contributed by atoms with Gasteiger partial charge in [-0.1, -0.05) is 29.6 Å². The van der Waals surface area contributed by atoms with Crippen LogP contribution in [-0.4, -0.2) is 55.2 Å². The van der Waals surface area contributed by atoms with Gasteiger partial charge in [-0.05, 0) is 18.2 Å². The first-order chi connectivity index (χ1) is 10.4. The Morgan fingerprint density at radius 1 is 1.45 bits per heavy atom. The van der Waals surface area contributed by atoms with Crippen LogP contribution in [0.3, 0.4) is 0 Å². The van der Waals surface area contributed by atoms with Crippen LogP contribution < -0.4 is 5.32 Å². The summed E-state index contributed by atoms with van der Waals surface area (Å²) in [6.45, 7) is 0.805. The van der Waals surface area contributed by atoms with Crippen molar-refractivity contribution in [2.75, 3.05) is 37.5 Å². The van der Waals surface area contributed by atoms with E-state index in [9.17, 15) is 13.2 Å². The van der Waals surface area contributed by atoms with E-state index < -0.39 is 10.0 Å². The number of carbonyl (C=O) groups is 1. The van der Waals surface area contributed by atoms with Gasteiger partial charge in [0.05, 0.1) is 17.2 Å². The zero-order valence-corrected chi connectivity index (χ0v) is 14.7. The van der Waals surface area contributed by atoms with Crippen molar-refractivity contribution in [1.82, 2.24) is 4.31 Å². The van der Waals surface area contributed by atoms with Crippen LogP contribution in [0.1, 0.15) is 0 Å². The summed E-state index contributed by atoms with van der Waals surface area (Å²) in [5.74, 6) is 1.05. The number of amides is 1. The molecule has 1 heterocycles. The van der Waals surface area contributed by atoms with Gasteiger partial charge in [-0.25, -0.2) is 12.7 Å². The molecule has 22 heavy (non-hydrogen) atoms. The number of thioether (sulfide) groups is 2. The zero-order valence-electron chi connectivity index (χ0n) is 12.3. The summed E-state index contributed by atoms with van der Waals surface area (Å²) >= 11 is 3.05. The number of nitrogens with zero attached hydrogens (tertiary/aromatic N) is 2. The molecule has 0 radical (unpaired) electrons. The number of benzene rings is 1. The zero-order chi connectivity index (χ0) is 16.2. The molecule has 2 rings (SSSR count). The second-order valence-electron chi connectivity index (χ2n) is 4.65. The molecule has 1 aliphatic rings. The Kier molecular flexibility index (Phi) is 5.90. The summed E-state index contributed by atoms with van der Waals surface area (Å²) in [6.07, 6.45) is 0. The van der Waals surface area contributed by atoms with E-state index in [1.807, 2.05) is 0 Å². The van der Waals surface area contributed by atoms with Crippen molar-refractivity contribution in [3.05, 3.63) is 24.3 Å². The first-order valence-corrected chi connectivity index (χ1v) is 9.93. The molecule has 0 aliphatic carbocycles. The average Bonchev–Trinajstić information content (AvgIpc) is 2.98. The lowest BCUT2D eigenvalue weighted by atomic mass is 10.3. The molecule has 1 aromatic carbocycles. The van der Waals surface area contributed by atoms with E-state index in [0.717, 1.165) is 21.0 Å². The fourth-order valence-corrected chi connectivity index (χ4v) is 4.43. The second kappa shape index (κ2) is 7.49. The van der Waals surface area contributed by atoms with E-state index in [1.54, 1.807) is 23.9 Å². The summed E-state index contributed by atoms with van der Waals surface area (Å²) in [5.41, 5.74) is 0.467. The van der Waals surface area contributed by atoms with Gasteiger partial charge in [-0.3, -0.25) is 9.79 Å². The average molecular weight is 359 g/mol. The molecule has 1 aliphatic heterocycles. The summed E-state index contributed by atoms with van der Waals surface area (Å²) in [6, 6.07) is 6.23. The normalized spacial score (nSPS) is 15.0. The van der Waals surface area contributed by atoms with Gasteiger partial charge < -0.3 is 5.32 Å². The maximum Gasteiger partial charge on any atom is 0.242 e. The highest BCUT2D eigenvalue weighted by atomic mass is 32.2. The number of sulfonamides is 1. The minimum Gasteiger partial charge on any atom is -0.325 e. The van der Waals surface area contributed by atoms with E-state index in [-0.39, 0.29) is 16.6 Å². The van der Waals surface area contributed by atoms with Crippen molar-refractivity contribution in [3.63, 3.8) is 0 Å². The Morgan fingerprint density at radius 2 is 2.23 bits per heavy atom. The Morgan fingerprint density at radius 3 is 2.86 bits per heavy atom. The number of hydrogen-bond donors (Lipinski definition) is 1. The number of rotatable bonds is 5. The van der Waals surface area contributed by atoms with E-state index in [0.29, 0.717) is 5.69 Å². The molecule has 0 unspecified atom stereocenters. The highest BCUT2D eigenvalue weighted by Crippen LogP contribution is 2.22. The third-order valence-electron chi connectivity index (χ3n) is 2.78. The number of nitrogens with one attached hydrogen (secondary N) is 1. The fraction of sp³-hybridized carbons (Fsp3) is 0.385. The predicted octanol–water partition coefficient (Wildman–Crippen LogP) is 1.71. The van der Waals surface area contributed by atoms with Crippen LogP contribution in [-0.2, 0) is 14.8 Å². The highest BCUT2D eigenvalue weighted by molar-refractivity contribution is 8.39. The molecule has 9 heteroatoms. The lowest BCUT2D eigenvalue weighted by Crippen LogP contribution is -2.22. The molecule has 1 amide bonds. The standard InChI is InChI=1S/C13H17N3O3S3/c1-16(2)22(18,19)11-5-3-4-10(8-11)15-12(17)9-21-13-14-6-7-20-13/h3-5,8H,6-7,9H2,1-2H3,(H,15,17). The lowest BCUT2D eigenvalue weighted by Gasteiger charge is -2.12. The van der Waals surface area contributed by atoms with Gasteiger partial charge in [0.2, 0.25) is 15.9 Å². The maximum atomic E-state index is 12.1. The smallest absolute Gasteiger partial charge is 0.242 e. The molecular weight excluding hydrogens is 342 g/mol. The fourth-order valence-electron chi connectivity index (χ4n) is 1.67. The van der Waals surface area contributed by atoms with E-state index in [4.69, 9.17) is 0 Å². The van der Waals surface area contributed by atoms with Crippen molar-refractivity contribution in [2.24, 2.45) is 4.99 Å². The van der Waals surface area contributed by atoms with Gasteiger partial charge in [-0.15, -0.1) is 0 Å². The molecule has 1 aromatic rings. The number of carbonyl (C=O) groups excluding carboxylic acids is 1. The minimum atomic E-state index is -3.51. The van der Waals surface area contributed by atoms with Gasteiger partial charge in [0, 0.05) is 25.5 Å². The quantitative estimate of drug-likeness (QED) is 0.866. The van der Waals surface area contributed by atoms with Crippen LogP contribution in [0, 0.1) is 0 Å². The monoisotopic (exact) mass is 359 g/mol. The molecule has 0 spiro atoms. The van der Waals surface area contributed by atoms with Crippen LogP contribution in [0.5, 0.6) is 0 Å². The van der Waals surface area contributed by atoms with Crippen LogP contribution in [0.25, 0.3) is 0 Å². The lowest BCUT2D eigenvalue weighted by molar-refractivity contribution is -0.113. The van der Waals surface area contributed by atoms with Crippen LogP contribution in [0.4, 0.5) is 5.69 Å². The van der Waals surface area contributed by atoms with Crippen molar-refractivity contribution in [3.8, 4) is 0 Å². The molecule has 0 atom stereocenters. The second-order valence-corrected chi connectivity index (χ2v) is 9.11. The summed E-state index contributed by atoms with van der Waals surface area (Å²) in [4.78, 5) is 16.3. The third kappa shape index (κ3) is 4.48. The van der Waals surface area contributed by atoms with Crippen LogP contribution in [0.15, 0.2) is 34.2 Å². The molecular formula is C13H17N3O3S3. The molecule has 0 fully saturated rings. The molecule has 1 N–H and O–H groups in total. The van der Waals surface area contributed by atoms with Crippen molar-refractivity contribution < 1.29 is 13.2 Å². The minimum absolute atomic E-state index is 0.152. The number of aliphatic imine (C=N–C) groups is 1. The largest absolute Gasteiger partial charge is 0.325 e. The number of anilines is 1. The molecule has 0 bridgehead atoms. The molecule has 0 saturated heterocycles. The highest BCUT2D eigenvalue weighted by Gasteiger charge is 2.17. The van der Waals surface area contributed by atoms with Crippen LogP contribution >= 0.6 is 23.5 Å². The van der Waals surface area contributed by atoms with Crippen molar-refractivity contribution in [2.45, 2.75) is 4.90 Å². The SMILES string of the molecule is CN(C)S(=O)(=O)c1cccc(NC(=O)CSC2=NCCS2)c1. The van der Waals surface area contributed by atoms with Gasteiger partial charge in [-0.2, -0.15) is 0 Å². The molecule has 120 valence electrons. The predicted molar refractivity (Wildman–Crippen MR) is 93.2 cm³/mol. The molecule has 6 nitrogen and oxygen atoms in total. The number of hydrogen-bond acceptors (Lipinski definition) is 6. The molecule has 0 saturated carbocycles. The third-order valence-corrected chi connectivity index (χ3v) is 6.84. The van der Waals surface area contributed by atoms with E-state index in [2.05, 4.69) is 10.3 Å². The molecule has 0 aromatic heterocycles. The first-order valence-electron chi connectivity index (χ1n) is 6.52. The first kappa shape index (κ1) is 17.3. The van der Waals surface area contributed by atoms with E-state index >= 15 is 0 Å². The van der Waals surface area contributed by atoms with Gasteiger partial charge in [0.15, 0.2) is 0 Å². The van der Waals surface area contributed by atoms with Gasteiger partial charge in [0.1, 0.15) is 4.38 Å². The summed E-state index contributed by atoms with van der Waals surface area (Å²) in [5, 5.41) is 2.71. The Hall–Kier alpha value is -1.03. The summed E-state index contributed by atoms with van der Waals surface area (Å²) in [7, 11) is -0.567. The Labute approximate surface area is 138 Å². The van der Waals surface area contributed by atoms with Crippen LogP contribution in [0.2, 0.25) is 0 Å².